The van der Waals surface area contributed by atoms with E-state index < -0.39 is 0 Å². The predicted octanol–water partition coefficient (Wildman–Crippen LogP) is 5.06. The molecule has 0 aliphatic carbocycles. The fraction of sp³-hybridized carbons (Fsp3) is 0.0556. The van der Waals surface area contributed by atoms with Gasteiger partial charge in [0, 0.05) is 11.8 Å². The second-order valence-electron chi connectivity index (χ2n) is 5.21. The van der Waals surface area contributed by atoms with Crippen molar-refractivity contribution >= 4 is 52.2 Å². The molecule has 1 aromatic heterocycles. The summed E-state index contributed by atoms with van der Waals surface area (Å²) in [6.45, 7) is 0. The molecule has 0 atom stereocenters. The first-order valence-electron chi connectivity index (χ1n) is 7.55. The quantitative estimate of drug-likeness (QED) is 0.595. The molecule has 26 heavy (non-hydrogen) atoms. The number of benzene rings is 2. The molecule has 0 spiro atoms. The first kappa shape index (κ1) is 18.0. The maximum absolute atomic E-state index is 11.5. The SMILES string of the molecule is COC(=O)c1ccc(Nc2cc(Nc3cccc(Cl)c3Cl)ncn2)cc1. The van der Waals surface area contributed by atoms with E-state index in [1.165, 1.54) is 13.4 Å². The van der Waals surface area contributed by atoms with Crippen LogP contribution in [-0.4, -0.2) is 23.0 Å². The van der Waals surface area contributed by atoms with Crippen molar-refractivity contribution in [3.8, 4) is 0 Å². The molecule has 0 saturated heterocycles. The van der Waals surface area contributed by atoms with Crippen molar-refractivity contribution in [3.63, 3.8) is 0 Å². The van der Waals surface area contributed by atoms with Gasteiger partial charge in [0.1, 0.15) is 18.0 Å². The largest absolute Gasteiger partial charge is 0.465 e. The summed E-state index contributed by atoms with van der Waals surface area (Å²) in [7, 11) is 1.34. The molecule has 0 aliphatic heterocycles. The number of methoxy groups -OCH3 is 1. The Balaban J connectivity index is 1.75. The molecule has 0 aliphatic rings. The molecule has 8 heteroatoms. The number of carbonyl (C=O) groups excluding carboxylic acids is 1. The molecule has 3 aromatic rings. The Hall–Kier alpha value is -2.83. The van der Waals surface area contributed by atoms with E-state index in [-0.39, 0.29) is 5.97 Å². The van der Waals surface area contributed by atoms with Gasteiger partial charge in [-0.25, -0.2) is 14.8 Å². The fourth-order valence-electron chi connectivity index (χ4n) is 2.19. The molecule has 0 saturated carbocycles. The van der Waals surface area contributed by atoms with Crippen LogP contribution in [0, 0.1) is 0 Å². The third-order valence-electron chi connectivity index (χ3n) is 3.46. The lowest BCUT2D eigenvalue weighted by atomic mass is 10.2. The van der Waals surface area contributed by atoms with Crippen molar-refractivity contribution in [1.82, 2.24) is 9.97 Å². The maximum Gasteiger partial charge on any atom is 0.337 e. The Labute approximate surface area is 160 Å². The van der Waals surface area contributed by atoms with Gasteiger partial charge in [-0.3, -0.25) is 0 Å². The highest BCUT2D eigenvalue weighted by Gasteiger charge is 2.07. The lowest BCUT2D eigenvalue weighted by Gasteiger charge is -2.10. The van der Waals surface area contributed by atoms with Gasteiger partial charge in [-0.05, 0) is 36.4 Å². The van der Waals surface area contributed by atoms with Crippen LogP contribution in [0.4, 0.5) is 23.0 Å². The number of halogens is 2. The topological polar surface area (TPSA) is 76.1 Å². The zero-order chi connectivity index (χ0) is 18.5. The molecule has 2 N–H and O–H groups in total. The van der Waals surface area contributed by atoms with E-state index in [0.717, 1.165) is 5.69 Å². The Morgan fingerprint density at radius 3 is 2.38 bits per heavy atom. The number of aromatic nitrogens is 2. The second-order valence-corrected chi connectivity index (χ2v) is 5.99. The van der Waals surface area contributed by atoms with E-state index in [0.29, 0.717) is 32.9 Å². The van der Waals surface area contributed by atoms with Crippen LogP contribution in [0.15, 0.2) is 54.9 Å². The second kappa shape index (κ2) is 8.03. The van der Waals surface area contributed by atoms with Gasteiger partial charge in [0.15, 0.2) is 0 Å². The minimum atomic E-state index is -0.386. The molecule has 2 aromatic carbocycles. The van der Waals surface area contributed by atoms with E-state index in [1.54, 1.807) is 48.5 Å². The van der Waals surface area contributed by atoms with Crippen LogP contribution in [0.5, 0.6) is 0 Å². The van der Waals surface area contributed by atoms with Gasteiger partial charge in [-0.2, -0.15) is 0 Å². The number of nitrogens with one attached hydrogen (secondary N) is 2. The normalized spacial score (nSPS) is 10.3. The number of nitrogens with zero attached hydrogens (tertiary/aromatic N) is 2. The summed E-state index contributed by atoms with van der Waals surface area (Å²) in [6, 6.07) is 13.9. The van der Waals surface area contributed by atoms with Gasteiger partial charge in [0.25, 0.3) is 0 Å². The molecule has 0 radical (unpaired) electrons. The minimum absolute atomic E-state index is 0.386. The van der Waals surface area contributed by atoms with Crippen LogP contribution >= 0.6 is 23.2 Å². The van der Waals surface area contributed by atoms with Gasteiger partial charge in [-0.15, -0.1) is 0 Å². The number of esters is 1. The van der Waals surface area contributed by atoms with Crippen LogP contribution in [0.1, 0.15) is 10.4 Å². The van der Waals surface area contributed by atoms with Crippen molar-refractivity contribution in [2.24, 2.45) is 0 Å². The molecule has 0 fully saturated rings. The number of anilines is 4. The van der Waals surface area contributed by atoms with E-state index in [9.17, 15) is 4.79 Å². The van der Waals surface area contributed by atoms with E-state index in [2.05, 4.69) is 25.3 Å². The average molecular weight is 389 g/mol. The van der Waals surface area contributed by atoms with Crippen molar-refractivity contribution < 1.29 is 9.53 Å². The maximum atomic E-state index is 11.5. The Bertz CT molecular complexity index is 933. The zero-order valence-corrected chi connectivity index (χ0v) is 15.2. The van der Waals surface area contributed by atoms with E-state index >= 15 is 0 Å². The number of rotatable bonds is 5. The molecule has 0 unspecified atom stereocenters. The summed E-state index contributed by atoms with van der Waals surface area (Å²) in [4.78, 5) is 19.8. The lowest BCUT2D eigenvalue weighted by molar-refractivity contribution is 0.0601. The number of carbonyl (C=O) groups is 1. The molecule has 0 bridgehead atoms. The number of ether oxygens (including phenoxy) is 1. The standard InChI is InChI=1S/C18H14Cl2N4O2/c1-26-18(25)11-5-7-12(8-6-11)23-15-9-16(22-10-21-15)24-14-4-2-3-13(19)17(14)20/h2-10H,1H3,(H2,21,22,23,24). The Morgan fingerprint density at radius 2 is 1.69 bits per heavy atom. The predicted molar refractivity (Wildman–Crippen MR) is 103 cm³/mol. The molecule has 6 nitrogen and oxygen atoms in total. The first-order chi connectivity index (χ1) is 12.6. The van der Waals surface area contributed by atoms with Crippen molar-refractivity contribution in [2.75, 3.05) is 17.7 Å². The van der Waals surface area contributed by atoms with Crippen molar-refractivity contribution in [1.29, 1.82) is 0 Å². The summed E-state index contributed by atoms with van der Waals surface area (Å²) in [5, 5.41) is 7.11. The average Bonchev–Trinajstić information content (AvgIpc) is 2.66. The molecule has 1 heterocycles. The summed E-state index contributed by atoms with van der Waals surface area (Å²) in [5.74, 6) is 0.743. The van der Waals surface area contributed by atoms with Gasteiger partial charge in [0.2, 0.25) is 0 Å². The monoisotopic (exact) mass is 388 g/mol. The molecule has 3 rings (SSSR count). The van der Waals surface area contributed by atoms with Crippen molar-refractivity contribution in [3.05, 3.63) is 70.5 Å². The fourth-order valence-corrected chi connectivity index (χ4v) is 2.54. The zero-order valence-electron chi connectivity index (χ0n) is 13.7. The summed E-state index contributed by atoms with van der Waals surface area (Å²) in [5.41, 5.74) is 1.88. The van der Waals surface area contributed by atoms with E-state index in [4.69, 9.17) is 23.2 Å². The number of hydrogen-bond acceptors (Lipinski definition) is 6. The first-order valence-corrected chi connectivity index (χ1v) is 8.31. The van der Waals surface area contributed by atoms with Gasteiger partial charge >= 0.3 is 5.97 Å². The van der Waals surface area contributed by atoms with Gasteiger partial charge < -0.3 is 15.4 Å². The van der Waals surface area contributed by atoms with E-state index in [1.807, 2.05) is 0 Å². The van der Waals surface area contributed by atoms with Crippen LogP contribution < -0.4 is 10.6 Å². The summed E-state index contributed by atoms with van der Waals surface area (Å²) < 4.78 is 4.68. The van der Waals surface area contributed by atoms with Gasteiger partial charge in [0.05, 0.1) is 28.4 Å². The molecular weight excluding hydrogens is 375 g/mol. The minimum Gasteiger partial charge on any atom is -0.465 e. The lowest BCUT2D eigenvalue weighted by Crippen LogP contribution is -2.02. The van der Waals surface area contributed by atoms with Crippen LogP contribution in [0.2, 0.25) is 10.0 Å². The summed E-state index contributed by atoms with van der Waals surface area (Å²) >= 11 is 12.2. The summed E-state index contributed by atoms with van der Waals surface area (Å²) in [6.07, 6.45) is 1.42. The highest BCUT2D eigenvalue weighted by molar-refractivity contribution is 6.43. The highest BCUT2D eigenvalue weighted by Crippen LogP contribution is 2.31. The Kier molecular flexibility index (Phi) is 5.55. The van der Waals surface area contributed by atoms with Crippen LogP contribution in [0.25, 0.3) is 0 Å². The third-order valence-corrected chi connectivity index (χ3v) is 4.28. The smallest absolute Gasteiger partial charge is 0.337 e. The molecule has 132 valence electrons. The Morgan fingerprint density at radius 1 is 1.00 bits per heavy atom. The molecule has 0 amide bonds. The van der Waals surface area contributed by atoms with Crippen LogP contribution in [-0.2, 0) is 4.74 Å². The number of hydrogen-bond donors (Lipinski definition) is 2. The third kappa shape index (κ3) is 4.22. The van der Waals surface area contributed by atoms with Crippen molar-refractivity contribution in [2.45, 2.75) is 0 Å². The van der Waals surface area contributed by atoms with Crippen LogP contribution in [0.3, 0.4) is 0 Å². The highest BCUT2D eigenvalue weighted by atomic mass is 35.5. The molecular formula is C18H14Cl2N4O2. The van der Waals surface area contributed by atoms with Gasteiger partial charge in [-0.1, -0.05) is 29.3 Å².